The first-order valence-corrected chi connectivity index (χ1v) is 5.92. The van der Waals surface area contributed by atoms with Crippen LogP contribution in [0.1, 0.15) is 18.9 Å². The van der Waals surface area contributed by atoms with Crippen LogP contribution >= 0.6 is 0 Å². The molecular formula is C14H17F2NO2. The summed E-state index contributed by atoms with van der Waals surface area (Å²) in [4.78, 5) is 0. The molecule has 0 spiro atoms. The van der Waals surface area contributed by atoms with Crippen molar-refractivity contribution in [3.63, 3.8) is 0 Å². The number of ether oxygens (including phenoxy) is 2. The zero-order chi connectivity index (χ0) is 14.3. The van der Waals surface area contributed by atoms with E-state index < -0.39 is 6.61 Å². The summed E-state index contributed by atoms with van der Waals surface area (Å²) in [5.41, 5.74) is 0.577. The maximum atomic E-state index is 12.4. The molecule has 1 N–H and O–H groups in total. The maximum absolute atomic E-state index is 12.4. The molecule has 0 aliphatic carbocycles. The molecule has 1 rings (SSSR count). The van der Waals surface area contributed by atoms with Crippen molar-refractivity contribution in [1.82, 2.24) is 5.32 Å². The van der Waals surface area contributed by atoms with E-state index in [1.54, 1.807) is 18.2 Å². The van der Waals surface area contributed by atoms with Gasteiger partial charge in [-0.05, 0) is 12.5 Å². The number of para-hydroxylation sites is 1. The van der Waals surface area contributed by atoms with Crippen molar-refractivity contribution in [3.05, 3.63) is 23.8 Å². The van der Waals surface area contributed by atoms with E-state index >= 15 is 0 Å². The number of hydrogen-bond acceptors (Lipinski definition) is 3. The minimum Gasteiger partial charge on any atom is -0.493 e. The lowest BCUT2D eigenvalue weighted by molar-refractivity contribution is -0.0518. The van der Waals surface area contributed by atoms with Crippen LogP contribution in [-0.4, -0.2) is 19.8 Å². The second-order valence-electron chi connectivity index (χ2n) is 3.84. The Labute approximate surface area is 111 Å². The Kier molecular flexibility index (Phi) is 6.10. The number of alkyl halides is 2. The van der Waals surface area contributed by atoms with E-state index in [1.807, 2.05) is 6.92 Å². The van der Waals surface area contributed by atoms with Gasteiger partial charge in [-0.15, -0.1) is 6.42 Å². The monoisotopic (exact) mass is 269 g/mol. The van der Waals surface area contributed by atoms with Crippen LogP contribution in [0.15, 0.2) is 18.2 Å². The van der Waals surface area contributed by atoms with Crippen LogP contribution in [0.25, 0.3) is 0 Å². The number of terminal acetylenes is 1. The summed E-state index contributed by atoms with van der Waals surface area (Å²) in [6.07, 6.45) is 6.09. The first kappa shape index (κ1) is 15.3. The van der Waals surface area contributed by atoms with E-state index in [1.165, 1.54) is 7.11 Å². The fourth-order valence-corrected chi connectivity index (χ4v) is 1.64. The first-order valence-electron chi connectivity index (χ1n) is 5.92. The SMILES string of the molecule is C#CC(CC)NCc1cccc(OC)c1OC(F)F. The standard InChI is InChI=1S/C14H17F2NO2/c1-4-11(5-2)17-9-10-7-6-8-12(18-3)13(10)19-14(15)16/h1,6-8,11,14,17H,5,9H2,2-3H3. The number of benzene rings is 1. The van der Waals surface area contributed by atoms with Gasteiger partial charge in [0.1, 0.15) is 0 Å². The predicted octanol–water partition coefficient (Wildman–Crippen LogP) is 2.80. The molecule has 1 atom stereocenters. The highest BCUT2D eigenvalue weighted by atomic mass is 19.3. The van der Waals surface area contributed by atoms with Crippen LogP contribution in [0, 0.1) is 12.3 Å². The molecule has 3 nitrogen and oxygen atoms in total. The molecule has 0 radical (unpaired) electrons. The lowest BCUT2D eigenvalue weighted by Gasteiger charge is -2.16. The molecule has 104 valence electrons. The molecule has 0 aliphatic heterocycles. The predicted molar refractivity (Wildman–Crippen MR) is 69.4 cm³/mol. The van der Waals surface area contributed by atoms with Gasteiger partial charge in [0.15, 0.2) is 11.5 Å². The Balaban J connectivity index is 2.90. The zero-order valence-corrected chi connectivity index (χ0v) is 11.0. The minimum absolute atomic E-state index is 0.0411. The summed E-state index contributed by atoms with van der Waals surface area (Å²) in [6, 6.07) is 4.87. The van der Waals surface area contributed by atoms with Crippen LogP contribution in [-0.2, 0) is 6.54 Å². The summed E-state index contributed by atoms with van der Waals surface area (Å²) in [5, 5.41) is 3.08. The van der Waals surface area contributed by atoms with Crippen LogP contribution < -0.4 is 14.8 Å². The molecule has 0 bridgehead atoms. The Morgan fingerprint density at radius 2 is 2.16 bits per heavy atom. The van der Waals surface area contributed by atoms with Crippen molar-refractivity contribution in [2.24, 2.45) is 0 Å². The van der Waals surface area contributed by atoms with E-state index in [-0.39, 0.29) is 17.5 Å². The Morgan fingerprint density at radius 1 is 1.42 bits per heavy atom. The molecule has 0 aromatic heterocycles. The fourth-order valence-electron chi connectivity index (χ4n) is 1.64. The summed E-state index contributed by atoms with van der Waals surface area (Å²) >= 11 is 0. The van der Waals surface area contributed by atoms with Gasteiger partial charge in [0.2, 0.25) is 0 Å². The highest BCUT2D eigenvalue weighted by Crippen LogP contribution is 2.32. The molecule has 1 aromatic rings. The highest BCUT2D eigenvalue weighted by Gasteiger charge is 2.15. The van der Waals surface area contributed by atoms with E-state index in [4.69, 9.17) is 11.2 Å². The normalized spacial score (nSPS) is 12.0. The molecule has 0 saturated heterocycles. The second kappa shape index (κ2) is 7.59. The van der Waals surface area contributed by atoms with Gasteiger partial charge >= 0.3 is 6.61 Å². The molecule has 0 heterocycles. The average molecular weight is 269 g/mol. The number of methoxy groups -OCH3 is 1. The molecule has 0 aliphatic rings. The summed E-state index contributed by atoms with van der Waals surface area (Å²) in [7, 11) is 1.40. The van der Waals surface area contributed by atoms with Gasteiger partial charge in [-0.2, -0.15) is 8.78 Å². The van der Waals surface area contributed by atoms with Crippen molar-refractivity contribution in [2.75, 3.05) is 7.11 Å². The highest BCUT2D eigenvalue weighted by molar-refractivity contribution is 5.46. The largest absolute Gasteiger partial charge is 0.493 e. The third-order valence-corrected chi connectivity index (χ3v) is 2.64. The van der Waals surface area contributed by atoms with Gasteiger partial charge in [-0.1, -0.05) is 25.0 Å². The van der Waals surface area contributed by atoms with Crippen LogP contribution in [0.5, 0.6) is 11.5 Å². The van der Waals surface area contributed by atoms with Gasteiger partial charge in [0, 0.05) is 12.1 Å². The van der Waals surface area contributed by atoms with Crippen LogP contribution in [0.2, 0.25) is 0 Å². The molecule has 0 saturated carbocycles. The Hall–Kier alpha value is -1.80. The van der Waals surface area contributed by atoms with E-state index in [2.05, 4.69) is 16.0 Å². The summed E-state index contributed by atoms with van der Waals surface area (Å²) < 4.78 is 34.4. The molecule has 5 heteroatoms. The molecule has 0 fully saturated rings. The van der Waals surface area contributed by atoms with Crippen LogP contribution in [0.4, 0.5) is 8.78 Å². The summed E-state index contributed by atoms with van der Waals surface area (Å²) in [5.74, 6) is 2.89. The maximum Gasteiger partial charge on any atom is 0.387 e. The topological polar surface area (TPSA) is 30.5 Å². The van der Waals surface area contributed by atoms with E-state index in [0.29, 0.717) is 12.1 Å². The quantitative estimate of drug-likeness (QED) is 0.772. The lowest BCUT2D eigenvalue weighted by atomic mass is 10.1. The zero-order valence-electron chi connectivity index (χ0n) is 11.0. The van der Waals surface area contributed by atoms with E-state index in [0.717, 1.165) is 6.42 Å². The molecule has 1 aromatic carbocycles. The number of nitrogens with one attached hydrogen (secondary N) is 1. The molecule has 0 amide bonds. The van der Waals surface area contributed by atoms with Gasteiger partial charge in [-0.3, -0.25) is 5.32 Å². The number of halogens is 2. The second-order valence-corrected chi connectivity index (χ2v) is 3.84. The third-order valence-electron chi connectivity index (χ3n) is 2.64. The third kappa shape index (κ3) is 4.42. The van der Waals surface area contributed by atoms with Crippen molar-refractivity contribution < 1.29 is 18.3 Å². The molecule has 1 unspecified atom stereocenters. The number of rotatable bonds is 7. The smallest absolute Gasteiger partial charge is 0.387 e. The Morgan fingerprint density at radius 3 is 2.68 bits per heavy atom. The van der Waals surface area contributed by atoms with Crippen LogP contribution in [0.3, 0.4) is 0 Å². The average Bonchev–Trinajstić information content (AvgIpc) is 2.40. The van der Waals surface area contributed by atoms with Crippen molar-refractivity contribution in [2.45, 2.75) is 32.5 Å². The van der Waals surface area contributed by atoms with Crippen molar-refractivity contribution in [3.8, 4) is 23.8 Å². The first-order chi connectivity index (χ1) is 9.12. The summed E-state index contributed by atoms with van der Waals surface area (Å²) in [6.45, 7) is -0.619. The van der Waals surface area contributed by atoms with Crippen molar-refractivity contribution >= 4 is 0 Å². The van der Waals surface area contributed by atoms with E-state index in [9.17, 15) is 8.78 Å². The van der Waals surface area contributed by atoms with Gasteiger partial charge in [-0.25, -0.2) is 0 Å². The number of hydrogen-bond donors (Lipinski definition) is 1. The molecular weight excluding hydrogens is 252 g/mol. The lowest BCUT2D eigenvalue weighted by Crippen LogP contribution is -2.26. The van der Waals surface area contributed by atoms with Gasteiger partial charge in [0.05, 0.1) is 13.2 Å². The molecule has 19 heavy (non-hydrogen) atoms. The van der Waals surface area contributed by atoms with Gasteiger partial charge in [0.25, 0.3) is 0 Å². The van der Waals surface area contributed by atoms with Crippen molar-refractivity contribution in [1.29, 1.82) is 0 Å². The Bertz CT molecular complexity index is 444. The fraction of sp³-hybridized carbons (Fsp3) is 0.429. The van der Waals surface area contributed by atoms with Gasteiger partial charge < -0.3 is 9.47 Å². The minimum atomic E-state index is -2.90.